The van der Waals surface area contributed by atoms with Crippen LogP contribution in [0.2, 0.25) is 0 Å². The molecule has 0 amide bonds. The van der Waals surface area contributed by atoms with E-state index in [2.05, 4.69) is 14.9 Å². The molecule has 1 N–H and O–H groups in total. The van der Waals surface area contributed by atoms with Crippen LogP contribution in [0.15, 0.2) is 28.8 Å². The van der Waals surface area contributed by atoms with E-state index in [0.717, 1.165) is 15.6 Å². The lowest BCUT2D eigenvalue weighted by molar-refractivity contribution is 0.374. The third-order valence-electron chi connectivity index (χ3n) is 2.70. The number of hydrogen-bond acceptors (Lipinski definition) is 6. The van der Waals surface area contributed by atoms with Gasteiger partial charge in [0.25, 0.3) is 10.2 Å². The first-order valence-corrected chi connectivity index (χ1v) is 7.50. The van der Waals surface area contributed by atoms with Crippen LogP contribution < -0.4 is 9.46 Å². The molecule has 0 saturated carbocycles. The maximum Gasteiger partial charge on any atom is 0.279 e. The van der Waals surface area contributed by atoms with Gasteiger partial charge in [-0.1, -0.05) is 5.16 Å². The molecule has 0 atom stereocenters. The Morgan fingerprint density at radius 2 is 1.95 bits per heavy atom. The van der Waals surface area contributed by atoms with Crippen LogP contribution in [-0.4, -0.2) is 44.1 Å². The first-order chi connectivity index (χ1) is 9.92. The molecule has 0 fully saturated rings. The zero-order chi connectivity index (χ0) is 15.5. The molecular formula is C12H16N4O4S. The highest BCUT2D eigenvalue weighted by Gasteiger charge is 2.15. The zero-order valence-electron chi connectivity index (χ0n) is 11.9. The number of benzene rings is 1. The van der Waals surface area contributed by atoms with Crippen molar-refractivity contribution in [2.45, 2.75) is 6.54 Å². The fourth-order valence-electron chi connectivity index (χ4n) is 1.47. The van der Waals surface area contributed by atoms with Crippen molar-refractivity contribution < 1.29 is 17.7 Å². The monoisotopic (exact) mass is 312 g/mol. The standard InChI is InChI=1S/C12H16N4O4S/c1-16(2)21(17,18)13-8-11-14-12(15-20-11)9-4-6-10(19-3)7-5-9/h4-7,13H,8H2,1-3H3. The number of rotatable bonds is 6. The molecule has 2 rings (SSSR count). The van der Waals surface area contributed by atoms with Gasteiger partial charge in [-0.05, 0) is 24.3 Å². The Morgan fingerprint density at radius 1 is 1.29 bits per heavy atom. The van der Waals surface area contributed by atoms with Gasteiger partial charge in [-0.25, -0.2) is 0 Å². The Kier molecular flexibility index (Phi) is 4.56. The molecule has 0 unspecified atom stereocenters. The molecule has 2 aromatic rings. The third-order valence-corrected chi connectivity index (χ3v) is 4.17. The second-order valence-corrected chi connectivity index (χ2v) is 6.32. The Labute approximate surface area is 122 Å². The SMILES string of the molecule is COc1ccc(-c2noc(CNS(=O)(=O)N(C)C)n2)cc1. The molecule has 0 aliphatic heterocycles. The van der Waals surface area contributed by atoms with Crippen LogP contribution in [0.25, 0.3) is 11.4 Å². The molecule has 1 aromatic heterocycles. The van der Waals surface area contributed by atoms with E-state index in [-0.39, 0.29) is 12.4 Å². The zero-order valence-corrected chi connectivity index (χ0v) is 12.7. The predicted octanol–water partition coefficient (Wildman–Crippen LogP) is 0.641. The first-order valence-electron chi connectivity index (χ1n) is 6.06. The number of ether oxygens (including phenoxy) is 1. The molecule has 114 valence electrons. The number of aromatic nitrogens is 2. The van der Waals surface area contributed by atoms with Crippen molar-refractivity contribution in [1.82, 2.24) is 19.2 Å². The summed E-state index contributed by atoms with van der Waals surface area (Å²) in [4.78, 5) is 4.13. The molecule has 0 saturated heterocycles. The highest BCUT2D eigenvalue weighted by Crippen LogP contribution is 2.19. The molecule has 0 spiro atoms. The predicted molar refractivity (Wildman–Crippen MR) is 75.7 cm³/mol. The third kappa shape index (κ3) is 3.78. The summed E-state index contributed by atoms with van der Waals surface area (Å²) in [5.74, 6) is 1.30. The average molecular weight is 312 g/mol. The van der Waals surface area contributed by atoms with Crippen LogP contribution in [0.3, 0.4) is 0 Å². The molecule has 9 heteroatoms. The highest BCUT2D eigenvalue weighted by molar-refractivity contribution is 7.87. The second kappa shape index (κ2) is 6.20. The molecule has 0 aliphatic carbocycles. The summed E-state index contributed by atoms with van der Waals surface area (Å²) in [6.07, 6.45) is 0. The fraction of sp³-hybridized carbons (Fsp3) is 0.333. The van der Waals surface area contributed by atoms with Gasteiger partial charge in [0, 0.05) is 19.7 Å². The molecule has 21 heavy (non-hydrogen) atoms. The van der Waals surface area contributed by atoms with E-state index in [1.165, 1.54) is 14.1 Å². The summed E-state index contributed by atoms with van der Waals surface area (Å²) in [6.45, 7) is -0.0658. The van der Waals surface area contributed by atoms with Gasteiger partial charge in [0.15, 0.2) is 0 Å². The average Bonchev–Trinajstić information content (AvgIpc) is 2.94. The van der Waals surface area contributed by atoms with Crippen LogP contribution in [-0.2, 0) is 16.8 Å². The summed E-state index contributed by atoms with van der Waals surface area (Å²) in [5.41, 5.74) is 0.751. The van der Waals surface area contributed by atoms with E-state index in [1.54, 1.807) is 31.4 Å². The molecule has 8 nitrogen and oxygen atoms in total. The quantitative estimate of drug-likeness (QED) is 0.840. The van der Waals surface area contributed by atoms with Crippen molar-refractivity contribution in [3.8, 4) is 17.1 Å². The summed E-state index contributed by atoms with van der Waals surface area (Å²) < 4.78 is 36.6. The molecule has 0 bridgehead atoms. The van der Waals surface area contributed by atoms with Gasteiger partial charge in [0.2, 0.25) is 11.7 Å². The van der Waals surface area contributed by atoms with Crippen LogP contribution >= 0.6 is 0 Å². The number of methoxy groups -OCH3 is 1. The van der Waals surface area contributed by atoms with Gasteiger partial charge in [-0.3, -0.25) is 0 Å². The van der Waals surface area contributed by atoms with Crippen LogP contribution in [0.5, 0.6) is 5.75 Å². The Bertz CT molecular complexity index is 694. The van der Waals surface area contributed by atoms with Crippen molar-refractivity contribution in [2.24, 2.45) is 0 Å². The minimum Gasteiger partial charge on any atom is -0.497 e. The number of hydrogen-bond donors (Lipinski definition) is 1. The topological polar surface area (TPSA) is 97.6 Å². The smallest absolute Gasteiger partial charge is 0.279 e. The van der Waals surface area contributed by atoms with Gasteiger partial charge in [0.1, 0.15) is 5.75 Å². The van der Waals surface area contributed by atoms with E-state index < -0.39 is 10.2 Å². The Hall–Kier alpha value is -1.97. The van der Waals surface area contributed by atoms with Crippen molar-refractivity contribution in [3.63, 3.8) is 0 Å². The Morgan fingerprint density at radius 3 is 2.52 bits per heavy atom. The minimum atomic E-state index is -3.52. The lowest BCUT2D eigenvalue weighted by Crippen LogP contribution is -2.35. The molecule has 1 heterocycles. The van der Waals surface area contributed by atoms with Gasteiger partial charge < -0.3 is 9.26 Å². The van der Waals surface area contributed by atoms with Crippen LogP contribution in [0.4, 0.5) is 0 Å². The summed E-state index contributed by atoms with van der Waals surface area (Å²) in [5, 5.41) is 3.81. The van der Waals surface area contributed by atoms with E-state index in [0.29, 0.717) is 5.82 Å². The molecule has 1 aromatic carbocycles. The van der Waals surface area contributed by atoms with Crippen molar-refractivity contribution >= 4 is 10.2 Å². The number of nitrogens with one attached hydrogen (secondary N) is 1. The Balaban J connectivity index is 2.07. The largest absolute Gasteiger partial charge is 0.497 e. The number of nitrogens with zero attached hydrogens (tertiary/aromatic N) is 3. The molecule has 0 radical (unpaired) electrons. The minimum absolute atomic E-state index is 0.0658. The molecule has 0 aliphatic rings. The van der Waals surface area contributed by atoms with Gasteiger partial charge in [-0.15, -0.1) is 0 Å². The maximum absolute atomic E-state index is 11.6. The van der Waals surface area contributed by atoms with E-state index in [4.69, 9.17) is 9.26 Å². The normalized spacial score (nSPS) is 11.8. The maximum atomic E-state index is 11.6. The van der Waals surface area contributed by atoms with E-state index in [9.17, 15) is 8.42 Å². The first kappa shape index (κ1) is 15.4. The van der Waals surface area contributed by atoms with Crippen molar-refractivity contribution in [2.75, 3.05) is 21.2 Å². The summed E-state index contributed by atoms with van der Waals surface area (Å²) >= 11 is 0. The van der Waals surface area contributed by atoms with Crippen molar-refractivity contribution in [1.29, 1.82) is 0 Å². The second-order valence-electron chi connectivity index (χ2n) is 4.35. The summed E-state index contributed by atoms with van der Waals surface area (Å²) in [7, 11) is 0.919. The highest BCUT2D eigenvalue weighted by atomic mass is 32.2. The van der Waals surface area contributed by atoms with Gasteiger partial charge in [-0.2, -0.15) is 22.4 Å². The van der Waals surface area contributed by atoms with E-state index in [1.807, 2.05) is 0 Å². The van der Waals surface area contributed by atoms with Gasteiger partial charge in [0.05, 0.1) is 13.7 Å². The van der Waals surface area contributed by atoms with Crippen LogP contribution in [0.1, 0.15) is 5.89 Å². The van der Waals surface area contributed by atoms with Gasteiger partial charge >= 0.3 is 0 Å². The van der Waals surface area contributed by atoms with Crippen LogP contribution in [0, 0.1) is 0 Å². The summed E-state index contributed by atoms with van der Waals surface area (Å²) in [6, 6.07) is 7.13. The van der Waals surface area contributed by atoms with E-state index >= 15 is 0 Å². The molecular weight excluding hydrogens is 296 g/mol. The lowest BCUT2D eigenvalue weighted by atomic mass is 10.2. The lowest BCUT2D eigenvalue weighted by Gasteiger charge is -2.10. The van der Waals surface area contributed by atoms with Crippen molar-refractivity contribution in [3.05, 3.63) is 30.2 Å². The fourth-order valence-corrected chi connectivity index (χ4v) is 2.03.